The third-order valence-electron chi connectivity index (χ3n) is 2.55. The number of rotatable bonds is 4. The van der Waals surface area contributed by atoms with Crippen LogP contribution in [0.4, 0.5) is 13.2 Å². The molecule has 0 aliphatic carbocycles. The molecule has 1 aromatic rings. The van der Waals surface area contributed by atoms with Gasteiger partial charge in [0.1, 0.15) is 0 Å². The first-order chi connectivity index (χ1) is 9.70. The van der Waals surface area contributed by atoms with Crippen molar-refractivity contribution in [1.29, 1.82) is 0 Å². The molecule has 2 amide bonds. The minimum Gasteiger partial charge on any atom is -0.347 e. The van der Waals surface area contributed by atoms with Gasteiger partial charge in [-0.25, -0.2) is 0 Å². The standard InChI is InChI=1S/C14H15F3N2O2/c1-19(2)13(21)9-18-12(20)7-6-10-4-3-5-11(8-10)14(15,16)17/h3-8H,9H2,1-2H3,(H,18,20)/b7-6+. The number of nitrogens with one attached hydrogen (secondary N) is 1. The van der Waals surface area contributed by atoms with Gasteiger partial charge in [-0.05, 0) is 23.8 Å². The van der Waals surface area contributed by atoms with Crippen LogP contribution in [0.15, 0.2) is 30.3 Å². The fraction of sp³-hybridized carbons (Fsp3) is 0.286. The van der Waals surface area contributed by atoms with E-state index in [0.29, 0.717) is 0 Å². The zero-order chi connectivity index (χ0) is 16.0. The van der Waals surface area contributed by atoms with Gasteiger partial charge in [-0.2, -0.15) is 13.2 Å². The number of carbonyl (C=O) groups is 2. The van der Waals surface area contributed by atoms with E-state index in [9.17, 15) is 22.8 Å². The number of likely N-dealkylation sites (N-methyl/N-ethyl adjacent to an activating group) is 1. The van der Waals surface area contributed by atoms with E-state index in [-0.39, 0.29) is 18.0 Å². The summed E-state index contributed by atoms with van der Waals surface area (Å²) in [5.74, 6) is -0.835. The molecule has 1 N–H and O–H groups in total. The van der Waals surface area contributed by atoms with E-state index in [1.165, 1.54) is 23.1 Å². The van der Waals surface area contributed by atoms with Gasteiger partial charge in [-0.15, -0.1) is 0 Å². The van der Waals surface area contributed by atoms with Crippen molar-refractivity contribution >= 4 is 17.9 Å². The number of benzene rings is 1. The molecular formula is C14H15F3N2O2. The van der Waals surface area contributed by atoms with E-state index in [4.69, 9.17) is 0 Å². The lowest BCUT2D eigenvalue weighted by molar-refractivity contribution is -0.137. The Morgan fingerprint density at radius 2 is 1.95 bits per heavy atom. The third kappa shape index (κ3) is 5.68. The van der Waals surface area contributed by atoms with Crippen LogP contribution in [0.5, 0.6) is 0 Å². The van der Waals surface area contributed by atoms with Gasteiger partial charge in [0.05, 0.1) is 12.1 Å². The van der Waals surface area contributed by atoms with Crippen molar-refractivity contribution in [3.63, 3.8) is 0 Å². The molecule has 0 heterocycles. The highest BCUT2D eigenvalue weighted by Crippen LogP contribution is 2.29. The van der Waals surface area contributed by atoms with Gasteiger partial charge in [-0.1, -0.05) is 12.1 Å². The number of amides is 2. The van der Waals surface area contributed by atoms with Gasteiger partial charge < -0.3 is 10.2 Å². The lowest BCUT2D eigenvalue weighted by Crippen LogP contribution is -2.35. The summed E-state index contributed by atoms with van der Waals surface area (Å²) in [7, 11) is 3.10. The second kappa shape index (κ2) is 6.92. The molecule has 0 aromatic heterocycles. The normalized spacial score (nSPS) is 11.5. The van der Waals surface area contributed by atoms with Crippen LogP contribution in [-0.2, 0) is 15.8 Å². The summed E-state index contributed by atoms with van der Waals surface area (Å²) in [6.45, 7) is -0.168. The van der Waals surface area contributed by atoms with Gasteiger partial charge in [0, 0.05) is 20.2 Å². The van der Waals surface area contributed by atoms with Crippen molar-refractivity contribution in [2.75, 3.05) is 20.6 Å². The van der Waals surface area contributed by atoms with Crippen molar-refractivity contribution < 1.29 is 22.8 Å². The SMILES string of the molecule is CN(C)C(=O)CNC(=O)/C=C/c1cccc(C(F)(F)F)c1. The summed E-state index contributed by atoms with van der Waals surface area (Å²) in [5, 5.41) is 2.34. The topological polar surface area (TPSA) is 49.4 Å². The Morgan fingerprint density at radius 3 is 2.52 bits per heavy atom. The minimum absolute atomic E-state index is 0.168. The molecule has 0 spiro atoms. The Bertz CT molecular complexity index is 551. The Kier molecular flexibility index (Phi) is 5.52. The highest BCUT2D eigenvalue weighted by Gasteiger charge is 2.30. The van der Waals surface area contributed by atoms with E-state index in [0.717, 1.165) is 18.2 Å². The Hall–Kier alpha value is -2.31. The van der Waals surface area contributed by atoms with Gasteiger partial charge in [0.25, 0.3) is 0 Å². The van der Waals surface area contributed by atoms with Crippen LogP contribution in [0.25, 0.3) is 6.08 Å². The molecule has 1 rings (SSSR count). The van der Waals surface area contributed by atoms with Crippen LogP contribution < -0.4 is 5.32 Å². The molecule has 0 saturated carbocycles. The molecule has 0 saturated heterocycles. The maximum Gasteiger partial charge on any atom is 0.416 e. The Morgan fingerprint density at radius 1 is 1.29 bits per heavy atom. The van der Waals surface area contributed by atoms with E-state index in [2.05, 4.69) is 5.32 Å². The predicted molar refractivity (Wildman–Crippen MR) is 72.2 cm³/mol. The Balaban J connectivity index is 2.64. The number of halogens is 3. The second-order valence-electron chi connectivity index (χ2n) is 4.46. The van der Waals surface area contributed by atoms with E-state index >= 15 is 0 Å². The number of hydrogen-bond acceptors (Lipinski definition) is 2. The first-order valence-electron chi connectivity index (χ1n) is 6.03. The fourth-order valence-electron chi connectivity index (χ4n) is 1.37. The summed E-state index contributed by atoms with van der Waals surface area (Å²) in [5.41, 5.74) is -0.535. The zero-order valence-corrected chi connectivity index (χ0v) is 11.6. The molecule has 0 bridgehead atoms. The maximum absolute atomic E-state index is 12.5. The molecule has 114 valence electrons. The summed E-state index contributed by atoms with van der Waals surface area (Å²) in [6, 6.07) is 4.60. The van der Waals surface area contributed by atoms with Crippen LogP contribution in [0.3, 0.4) is 0 Å². The van der Waals surface area contributed by atoms with Crippen molar-refractivity contribution in [2.45, 2.75) is 6.18 Å². The van der Waals surface area contributed by atoms with Crippen LogP contribution in [0.2, 0.25) is 0 Å². The molecule has 4 nitrogen and oxygen atoms in total. The van der Waals surface area contributed by atoms with Crippen molar-refractivity contribution in [3.05, 3.63) is 41.5 Å². The first-order valence-corrected chi connectivity index (χ1v) is 6.03. The molecule has 0 atom stereocenters. The highest BCUT2D eigenvalue weighted by molar-refractivity contribution is 5.94. The van der Waals surface area contributed by atoms with Gasteiger partial charge >= 0.3 is 6.18 Å². The number of alkyl halides is 3. The van der Waals surface area contributed by atoms with Crippen molar-refractivity contribution in [2.24, 2.45) is 0 Å². The van der Waals surface area contributed by atoms with Gasteiger partial charge in [-0.3, -0.25) is 9.59 Å². The average Bonchev–Trinajstić information content (AvgIpc) is 2.41. The largest absolute Gasteiger partial charge is 0.416 e. The van der Waals surface area contributed by atoms with Gasteiger partial charge in [0.2, 0.25) is 11.8 Å². The van der Waals surface area contributed by atoms with E-state index in [1.807, 2.05) is 0 Å². The minimum atomic E-state index is -4.43. The number of hydrogen-bond donors (Lipinski definition) is 1. The Labute approximate surface area is 120 Å². The smallest absolute Gasteiger partial charge is 0.347 e. The second-order valence-corrected chi connectivity index (χ2v) is 4.46. The van der Waals surface area contributed by atoms with Crippen LogP contribution in [-0.4, -0.2) is 37.4 Å². The molecule has 0 radical (unpaired) electrons. The van der Waals surface area contributed by atoms with Crippen molar-refractivity contribution in [3.8, 4) is 0 Å². The molecule has 0 aliphatic rings. The molecule has 0 fully saturated rings. The zero-order valence-electron chi connectivity index (χ0n) is 11.6. The predicted octanol–water partition coefficient (Wildman–Crippen LogP) is 1.92. The summed E-state index contributed by atoms with van der Waals surface area (Å²) < 4.78 is 37.5. The highest BCUT2D eigenvalue weighted by atomic mass is 19.4. The van der Waals surface area contributed by atoms with Crippen LogP contribution in [0.1, 0.15) is 11.1 Å². The lowest BCUT2D eigenvalue weighted by Gasteiger charge is -2.09. The molecule has 21 heavy (non-hydrogen) atoms. The number of carbonyl (C=O) groups excluding carboxylic acids is 2. The summed E-state index contributed by atoms with van der Waals surface area (Å²) in [6.07, 6.45) is -2.09. The van der Waals surface area contributed by atoms with Crippen molar-refractivity contribution in [1.82, 2.24) is 10.2 Å². The van der Waals surface area contributed by atoms with Gasteiger partial charge in [0.15, 0.2) is 0 Å². The summed E-state index contributed by atoms with van der Waals surface area (Å²) >= 11 is 0. The maximum atomic E-state index is 12.5. The molecule has 1 aromatic carbocycles. The fourth-order valence-corrected chi connectivity index (χ4v) is 1.37. The third-order valence-corrected chi connectivity index (χ3v) is 2.55. The molecule has 0 aliphatic heterocycles. The average molecular weight is 300 g/mol. The molecule has 7 heteroatoms. The molecular weight excluding hydrogens is 285 g/mol. The lowest BCUT2D eigenvalue weighted by atomic mass is 10.1. The molecule has 0 unspecified atom stereocenters. The van der Waals surface area contributed by atoms with Crippen LogP contribution in [0, 0.1) is 0 Å². The number of nitrogens with zero attached hydrogens (tertiary/aromatic N) is 1. The first kappa shape index (κ1) is 16.7. The monoisotopic (exact) mass is 300 g/mol. The van der Waals surface area contributed by atoms with Crippen LogP contribution >= 0.6 is 0 Å². The van der Waals surface area contributed by atoms with E-state index < -0.39 is 17.6 Å². The van der Waals surface area contributed by atoms with E-state index in [1.54, 1.807) is 14.1 Å². The quantitative estimate of drug-likeness (QED) is 0.864. The summed E-state index contributed by atoms with van der Waals surface area (Å²) in [4.78, 5) is 24.0.